The number of nitrogens with zero attached hydrogens (tertiary/aromatic N) is 2. The number of hydrogen-bond acceptors (Lipinski definition) is 2. The van der Waals surface area contributed by atoms with Crippen LogP contribution >= 0.6 is 0 Å². The van der Waals surface area contributed by atoms with Crippen LogP contribution in [-0.4, -0.2) is 36.4 Å². The lowest BCUT2D eigenvalue weighted by molar-refractivity contribution is -0.401. The molecule has 2 heterocycles. The number of hydrogen-bond donors (Lipinski definition) is 0. The van der Waals surface area contributed by atoms with Crippen LogP contribution < -0.4 is 4.74 Å². The van der Waals surface area contributed by atoms with Gasteiger partial charge in [0, 0.05) is 41.6 Å². The highest BCUT2D eigenvalue weighted by molar-refractivity contribution is 6.03. The summed E-state index contributed by atoms with van der Waals surface area (Å²) in [5.74, 6) is 1.45. The van der Waals surface area contributed by atoms with Crippen molar-refractivity contribution in [2.45, 2.75) is 65.7 Å². The molecule has 1 atom stereocenters. The van der Waals surface area contributed by atoms with Gasteiger partial charge in [-0.25, -0.2) is 0 Å². The van der Waals surface area contributed by atoms with Gasteiger partial charge in [-0.1, -0.05) is 75.4 Å². The maximum Gasteiger partial charge on any atom is 0.209 e. The second kappa shape index (κ2) is 11.0. The third-order valence-electron chi connectivity index (χ3n) is 10.2. The van der Waals surface area contributed by atoms with Crippen molar-refractivity contribution in [3.05, 3.63) is 124 Å². The summed E-state index contributed by atoms with van der Waals surface area (Å²) >= 11 is 0. The Bertz CT molecular complexity index is 1670. The predicted molar refractivity (Wildman–Crippen MR) is 181 cm³/mol. The quantitative estimate of drug-likeness (QED) is 0.332. The van der Waals surface area contributed by atoms with Crippen LogP contribution in [-0.2, 0) is 5.41 Å². The van der Waals surface area contributed by atoms with E-state index in [1.54, 1.807) is 7.11 Å². The topological polar surface area (TPSA) is 15.5 Å². The lowest BCUT2D eigenvalue weighted by Gasteiger charge is -2.28. The van der Waals surface area contributed by atoms with Crippen molar-refractivity contribution in [3.63, 3.8) is 0 Å². The Morgan fingerprint density at radius 3 is 2.37 bits per heavy atom. The average molecular weight is 572 g/mol. The molecule has 6 rings (SSSR count). The third kappa shape index (κ3) is 4.97. The van der Waals surface area contributed by atoms with Gasteiger partial charge >= 0.3 is 0 Å². The maximum absolute atomic E-state index is 5.53. The molecule has 0 fully saturated rings. The zero-order valence-corrected chi connectivity index (χ0v) is 27.3. The molecule has 2 aliphatic heterocycles. The first kappa shape index (κ1) is 29.2. The van der Waals surface area contributed by atoms with Gasteiger partial charge in [0.05, 0.1) is 12.5 Å². The second-order valence-electron chi connectivity index (χ2n) is 13.8. The number of methoxy groups -OCH3 is 1. The standard InChI is InChI=1S/C40H47N2O/c1-27-25-29(19-23-36-39(2,3)32-13-9-11-15-34(32)41(36)6)38(28-17-21-31(43-8)22-18-28)30(26-27)20-24-37-40(4,5)33-14-10-12-16-35(33)42(37)7/h9-11,13-15,17-24,27H,12,16,25-26H2,1-8H3/q+1. The van der Waals surface area contributed by atoms with E-state index in [1.807, 2.05) is 0 Å². The Kier molecular flexibility index (Phi) is 7.49. The van der Waals surface area contributed by atoms with Crippen LogP contribution in [0.5, 0.6) is 5.75 Å². The number of allylic oxidation sites excluding steroid dienone is 11. The minimum Gasteiger partial charge on any atom is -0.497 e. The second-order valence-corrected chi connectivity index (χ2v) is 13.8. The average Bonchev–Trinajstić information content (AvgIpc) is 3.32. The van der Waals surface area contributed by atoms with E-state index in [0.29, 0.717) is 5.92 Å². The fraction of sp³-hybridized carbons (Fsp3) is 0.375. The fourth-order valence-electron chi connectivity index (χ4n) is 7.92. The molecule has 222 valence electrons. The molecule has 0 radical (unpaired) electrons. The molecule has 3 heteroatoms. The number of rotatable bonds is 5. The van der Waals surface area contributed by atoms with E-state index >= 15 is 0 Å². The first-order valence-electron chi connectivity index (χ1n) is 15.9. The van der Waals surface area contributed by atoms with Crippen molar-refractivity contribution in [2.75, 3.05) is 21.2 Å². The summed E-state index contributed by atoms with van der Waals surface area (Å²) in [5, 5.41) is 0. The Morgan fingerprint density at radius 2 is 1.67 bits per heavy atom. The Morgan fingerprint density at radius 1 is 0.930 bits per heavy atom. The molecule has 0 N–H and O–H groups in total. The number of ether oxygens (including phenoxy) is 1. The molecule has 0 saturated heterocycles. The molecular weight excluding hydrogens is 524 g/mol. The lowest BCUT2D eigenvalue weighted by Crippen LogP contribution is -2.26. The van der Waals surface area contributed by atoms with Crippen LogP contribution in [0.3, 0.4) is 0 Å². The normalized spacial score (nSPS) is 24.6. The van der Waals surface area contributed by atoms with Crippen LogP contribution in [0.25, 0.3) is 5.57 Å². The molecule has 1 unspecified atom stereocenters. The molecule has 0 spiro atoms. The molecule has 2 aromatic rings. The van der Waals surface area contributed by atoms with Gasteiger partial charge in [-0.3, -0.25) is 0 Å². The monoisotopic (exact) mass is 571 g/mol. The summed E-state index contributed by atoms with van der Waals surface area (Å²) < 4.78 is 7.89. The minimum absolute atomic E-state index is 0.00461. The van der Waals surface area contributed by atoms with E-state index in [-0.39, 0.29) is 10.8 Å². The summed E-state index contributed by atoms with van der Waals surface area (Å²) in [6.45, 7) is 11.8. The highest BCUT2D eigenvalue weighted by Crippen LogP contribution is 2.50. The molecule has 0 aromatic heterocycles. The van der Waals surface area contributed by atoms with Crippen LogP contribution in [0.1, 0.15) is 71.4 Å². The summed E-state index contributed by atoms with van der Waals surface area (Å²) in [7, 11) is 6.19. The smallest absolute Gasteiger partial charge is 0.209 e. The summed E-state index contributed by atoms with van der Waals surface area (Å²) in [6.07, 6.45) is 18.7. The molecule has 0 bridgehead atoms. The molecule has 2 aliphatic carbocycles. The van der Waals surface area contributed by atoms with Crippen LogP contribution in [0, 0.1) is 11.3 Å². The molecular formula is C40H47N2O+. The fourth-order valence-corrected chi connectivity index (χ4v) is 7.92. The van der Waals surface area contributed by atoms with Gasteiger partial charge in [-0.15, -0.1) is 0 Å². The zero-order valence-electron chi connectivity index (χ0n) is 27.3. The summed E-state index contributed by atoms with van der Waals surface area (Å²) in [5.41, 5.74) is 13.7. The third-order valence-corrected chi connectivity index (χ3v) is 10.2. The van der Waals surface area contributed by atoms with Gasteiger partial charge in [-0.05, 0) is 91.5 Å². The summed E-state index contributed by atoms with van der Waals surface area (Å²) in [4.78, 5) is 2.45. The van der Waals surface area contributed by atoms with Gasteiger partial charge in [0.2, 0.25) is 5.69 Å². The minimum atomic E-state index is -0.0503. The van der Waals surface area contributed by atoms with Gasteiger partial charge in [-0.2, -0.15) is 4.58 Å². The highest BCUT2D eigenvalue weighted by atomic mass is 16.5. The summed E-state index contributed by atoms with van der Waals surface area (Å²) in [6, 6.07) is 17.4. The molecule has 43 heavy (non-hydrogen) atoms. The van der Waals surface area contributed by atoms with Gasteiger partial charge in [0.1, 0.15) is 12.8 Å². The molecule has 2 aromatic carbocycles. The highest BCUT2D eigenvalue weighted by Gasteiger charge is 2.43. The first-order valence-corrected chi connectivity index (χ1v) is 15.9. The van der Waals surface area contributed by atoms with Crippen molar-refractivity contribution < 1.29 is 9.31 Å². The molecule has 4 aliphatic rings. The SMILES string of the molecule is COc1ccc(C2=C(/C=C/C3=[N+](C)c4ccccc4C3(C)C)CC(C)C/C2=C\C=C2\N(C)C3=C(C=CCC3)C2(C)C)cc1. The van der Waals surface area contributed by atoms with E-state index in [9.17, 15) is 0 Å². The first-order chi connectivity index (χ1) is 20.5. The van der Waals surface area contributed by atoms with Gasteiger partial charge in [0.15, 0.2) is 5.71 Å². The predicted octanol–water partition coefficient (Wildman–Crippen LogP) is 9.53. The maximum atomic E-state index is 5.53. The Labute approximate surface area is 259 Å². The van der Waals surface area contributed by atoms with Crippen molar-refractivity contribution in [1.29, 1.82) is 0 Å². The molecule has 0 saturated carbocycles. The van der Waals surface area contributed by atoms with Gasteiger partial charge in [0.25, 0.3) is 0 Å². The van der Waals surface area contributed by atoms with E-state index in [2.05, 4.69) is 143 Å². The van der Waals surface area contributed by atoms with Crippen molar-refractivity contribution in [3.8, 4) is 5.75 Å². The molecule has 0 amide bonds. The van der Waals surface area contributed by atoms with Crippen molar-refractivity contribution in [1.82, 2.24) is 4.90 Å². The van der Waals surface area contributed by atoms with E-state index in [4.69, 9.17) is 4.74 Å². The number of benzene rings is 2. The zero-order chi connectivity index (χ0) is 30.5. The Balaban J connectivity index is 1.46. The van der Waals surface area contributed by atoms with E-state index in [1.165, 1.54) is 56.2 Å². The van der Waals surface area contributed by atoms with Crippen LogP contribution in [0.4, 0.5) is 5.69 Å². The lowest BCUT2D eigenvalue weighted by atomic mass is 9.77. The molecule has 3 nitrogen and oxygen atoms in total. The van der Waals surface area contributed by atoms with E-state index in [0.717, 1.165) is 31.4 Å². The van der Waals surface area contributed by atoms with Crippen molar-refractivity contribution >= 4 is 17.0 Å². The number of fused-ring (bicyclic) bond motifs is 1. The largest absolute Gasteiger partial charge is 0.497 e. The number of para-hydroxylation sites is 1. The van der Waals surface area contributed by atoms with E-state index < -0.39 is 0 Å². The van der Waals surface area contributed by atoms with Crippen LogP contribution in [0.15, 0.2) is 113 Å². The van der Waals surface area contributed by atoms with Crippen LogP contribution in [0.2, 0.25) is 0 Å². The van der Waals surface area contributed by atoms with Crippen molar-refractivity contribution in [2.24, 2.45) is 11.3 Å². The Hall–Kier alpha value is -3.85. The van der Waals surface area contributed by atoms with Gasteiger partial charge < -0.3 is 9.64 Å².